The Balaban J connectivity index is 1.64. The molecule has 1 saturated carbocycles. The highest BCUT2D eigenvalue weighted by Crippen LogP contribution is 2.43. The molecule has 0 radical (unpaired) electrons. The van der Waals surface area contributed by atoms with E-state index in [1.54, 1.807) is 26.4 Å². The number of methoxy groups -OCH3 is 2. The molecule has 4 rings (SSSR count). The Labute approximate surface area is 236 Å². The Kier molecular flexibility index (Phi) is 9.31. The van der Waals surface area contributed by atoms with Crippen molar-refractivity contribution in [2.45, 2.75) is 58.2 Å². The molecule has 1 unspecified atom stereocenters. The minimum Gasteiger partial charge on any atom is -0.497 e. The normalized spacial score (nSPS) is 14.8. The van der Waals surface area contributed by atoms with Crippen LogP contribution < -0.4 is 9.47 Å². The Hall–Kier alpha value is -3.64. The Bertz CT molecular complexity index is 1340. The van der Waals surface area contributed by atoms with Crippen molar-refractivity contribution in [2.24, 2.45) is 11.3 Å². The van der Waals surface area contributed by atoms with Crippen LogP contribution in [0.15, 0.2) is 73.3 Å². The third-order valence-corrected chi connectivity index (χ3v) is 7.77. The molecule has 0 amide bonds. The predicted molar refractivity (Wildman–Crippen MR) is 155 cm³/mol. The third kappa shape index (κ3) is 7.11. The van der Waals surface area contributed by atoms with Crippen LogP contribution in [-0.4, -0.2) is 25.3 Å². The second-order valence-corrected chi connectivity index (χ2v) is 11.2. The molecule has 5 nitrogen and oxygen atoms in total. The monoisotopic (exact) mass is 546 g/mol. The van der Waals surface area contributed by atoms with E-state index in [2.05, 4.69) is 6.58 Å². The highest BCUT2D eigenvalue weighted by atomic mass is 19.1. The maximum Gasteiger partial charge on any atom is 0.303 e. The summed E-state index contributed by atoms with van der Waals surface area (Å²) in [6.07, 6.45) is 4.80. The van der Waals surface area contributed by atoms with Crippen molar-refractivity contribution in [3.63, 3.8) is 0 Å². The lowest BCUT2D eigenvalue weighted by Crippen LogP contribution is -2.22. The van der Waals surface area contributed by atoms with Crippen LogP contribution in [0.4, 0.5) is 4.39 Å². The van der Waals surface area contributed by atoms with E-state index in [0.29, 0.717) is 28.5 Å². The molecule has 0 saturated heterocycles. The number of carboxylic acid groups (broad SMARTS) is 1. The van der Waals surface area contributed by atoms with Crippen LogP contribution in [0, 0.1) is 17.2 Å². The highest BCUT2D eigenvalue weighted by molar-refractivity contribution is 5.71. The van der Waals surface area contributed by atoms with Crippen LogP contribution in [0.2, 0.25) is 0 Å². The van der Waals surface area contributed by atoms with Crippen LogP contribution in [0.25, 0.3) is 11.1 Å². The minimum absolute atomic E-state index is 0.0270. The zero-order valence-electron chi connectivity index (χ0n) is 23.8. The molecule has 0 spiro atoms. The molecule has 0 aromatic heterocycles. The summed E-state index contributed by atoms with van der Waals surface area (Å²) in [5.41, 5.74) is 3.41. The number of benzene rings is 3. The number of carboxylic acids is 1. The number of rotatable bonds is 14. The van der Waals surface area contributed by atoms with E-state index in [1.165, 1.54) is 18.9 Å². The fourth-order valence-electron chi connectivity index (χ4n) is 5.27. The molecule has 6 heteroatoms. The molecule has 0 aliphatic heterocycles. The van der Waals surface area contributed by atoms with Crippen molar-refractivity contribution < 1.29 is 28.5 Å². The van der Waals surface area contributed by atoms with Crippen LogP contribution in [0.1, 0.15) is 68.2 Å². The van der Waals surface area contributed by atoms with Crippen LogP contribution >= 0.6 is 0 Å². The molecule has 3 aromatic carbocycles. The first-order chi connectivity index (χ1) is 19.1. The SMILES string of the molecule is C=CC(C)(C)C(OC)c1cc(COc2cccc([C@H](CC(=O)O)CC3CC3)c2)ccc1-c1cc(OC)ccc1F. The maximum atomic E-state index is 15.1. The van der Waals surface area contributed by atoms with Gasteiger partial charge in [-0.25, -0.2) is 4.39 Å². The summed E-state index contributed by atoms with van der Waals surface area (Å²) in [7, 11) is 3.20. The first-order valence-corrected chi connectivity index (χ1v) is 13.7. The first-order valence-electron chi connectivity index (χ1n) is 13.7. The van der Waals surface area contributed by atoms with Gasteiger partial charge in [0.15, 0.2) is 0 Å². The number of hydrogen-bond donors (Lipinski definition) is 1. The van der Waals surface area contributed by atoms with Crippen molar-refractivity contribution in [3.05, 3.63) is 95.8 Å². The lowest BCUT2D eigenvalue weighted by atomic mass is 9.79. The van der Waals surface area contributed by atoms with Crippen LogP contribution in [0.5, 0.6) is 11.5 Å². The molecular weight excluding hydrogens is 507 g/mol. The van der Waals surface area contributed by atoms with Crippen molar-refractivity contribution in [1.82, 2.24) is 0 Å². The van der Waals surface area contributed by atoms with Gasteiger partial charge in [0.1, 0.15) is 23.9 Å². The smallest absolute Gasteiger partial charge is 0.303 e. The fourth-order valence-corrected chi connectivity index (χ4v) is 5.27. The number of carbonyl (C=O) groups is 1. The molecule has 212 valence electrons. The number of aliphatic carboxylic acids is 1. The van der Waals surface area contributed by atoms with E-state index in [-0.39, 0.29) is 24.8 Å². The fraction of sp³-hybridized carbons (Fsp3) is 0.382. The number of hydrogen-bond acceptors (Lipinski definition) is 4. The Morgan fingerprint density at radius 2 is 1.85 bits per heavy atom. The van der Waals surface area contributed by atoms with Gasteiger partial charge in [-0.05, 0) is 76.9 Å². The van der Waals surface area contributed by atoms with Crippen molar-refractivity contribution in [2.75, 3.05) is 14.2 Å². The summed E-state index contributed by atoms with van der Waals surface area (Å²) >= 11 is 0. The van der Waals surface area contributed by atoms with Crippen molar-refractivity contribution in [1.29, 1.82) is 0 Å². The van der Waals surface area contributed by atoms with E-state index in [4.69, 9.17) is 14.2 Å². The van der Waals surface area contributed by atoms with E-state index in [0.717, 1.165) is 23.1 Å². The van der Waals surface area contributed by atoms with Gasteiger partial charge in [-0.3, -0.25) is 4.79 Å². The van der Waals surface area contributed by atoms with Gasteiger partial charge >= 0.3 is 5.97 Å². The Morgan fingerprint density at radius 3 is 2.50 bits per heavy atom. The van der Waals surface area contributed by atoms with Gasteiger partial charge in [-0.15, -0.1) is 6.58 Å². The predicted octanol–water partition coefficient (Wildman–Crippen LogP) is 8.34. The highest BCUT2D eigenvalue weighted by Gasteiger charge is 2.31. The van der Waals surface area contributed by atoms with Crippen LogP contribution in [-0.2, 0) is 16.1 Å². The minimum atomic E-state index is -0.785. The molecule has 0 bridgehead atoms. The number of ether oxygens (including phenoxy) is 3. The summed E-state index contributed by atoms with van der Waals surface area (Å²) in [4.78, 5) is 11.5. The molecule has 1 aliphatic carbocycles. The summed E-state index contributed by atoms with van der Waals surface area (Å²) in [6, 6.07) is 18.3. The molecule has 40 heavy (non-hydrogen) atoms. The lowest BCUT2D eigenvalue weighted by Gasteiger charge is -2.32. The second-order valence-electron chi connectivity index (χ2n) is 11.2. The van der Waals surface area contributed by atoms with Crippen molar-refractivity contribution in [3.8, 4) is 22.6 Å². The molecule has 1 aliphatic rings. The molecule has 1 fully saturated rings. The zero-order chi connectivity index (χ0) is 28.9. The second kappa shape index (κ2) is 12.7. The molecule has 3 aromatic rings. The molecule has 0 heterocycles. The van der Waals surface area contributed by atoms with E-state index in [1.807, 2.05) is 62.4 Å². The summed E-state index contributed by atoms with van der Waals surface area (Å²) in [5.74, 6) is 0.704. The Morgan fingerprint density at radius 1 is 1.07 bits per heavy atom. The molecule has 2 atom stereocenters. The van der Waals surface area contributed by atoms with Gasteiger partial charge in [-0.2, -0.15) is 0 Å². The third-order valence-electron chi connectivity index (χ3n) is 7.77. The largest absolute Gasteiger partial charge is 0.497 e. The van der Waals surface area contributed by atoms with Gasteiger partial charge in [0.05, 0.1) is 19.6 Å². The van der Waals surface area contributed by atoms with E-state index in [9.17, 15) is 9.90 Å². The van der Waals surface area contributed by atoms with E-state index < -0.39 is 17.5 Å². The first kappa shape index (κ1) is 29.3. The average Bonchev–Trinajstić information content (AvgIpc) is 3.76. The zero-order valence-corrected chi connectivity index (χ0v) is 23.8. The molecular formula is C34H39FO5. The van der Waals surface area contributed by atoms with Crippen molar-refractivity contribution >= 4 is 5.97 Å². The summed E-state index contributed by atoms with van der Waals surface area (Å²) in [6.45, 7) is 8.35. The molecule has 1 N–H and O–H groups in total. The van der Waals surface area contributed by atoms with E-state index >= 15 is 4.39 Å². The summed E-state index contributed by atoms with van der Waals surface area (Å²) in [5, 5.41) is 9.44. The quantitative estimate of drug-likeness (QED) is 0.206. The van der Waals surface area contributed by atoms with Crippen LogP contribution in [0.3, 0.4) is 0 Å². The standard InChI is InChI=1S/C34H39FO5/c1-6-34(2,3)33(39-5)30-17-23(12-14-28(30)29-20-26(38-4)13-15-31(29)35)21-40-27-9-7-8-24(18-27)25(19-32(36)37)16-22-10-11-22/h6-9,12-15,17-18,20,22,25,33H,1,10-11,16,19,21H2,2-5H3,(H,36,37)/t25-,33?/m0/s1. The van der Waals surface area contributed by atoms with Gasteiger partial charge in [0, 0.05) is 18.1 Å². The van der Waals surface area contributed by atoms with Gasteiger partial charge in [-0.1, -0.05) is 57.0 Å². The average molecular weight is 547 g/mol. The summed E-state index contributed by atoms with van der Waals surface area (Å²) < 4.78 is 32.6. The van der Waals surface area contributed by atoms with Gasteiger partial charge < -0.3 is 19.3 Å². The lowest BCUT2D eigenvalue weighted by molar-refractivity contribution is -0.137. The maximum absolute atomic E-state index is 15.1. The number of halogens is 1. The van der Waals surface area contributed by atoms with Gasteiger partial charge in [0.2, 0.25) is 0 Å². The van der Waals surface area contributed by atoms with Gasteiger partial charge in [0.25, 0.3) is 0 Å². The topological polar surface area (TPSA) is 65.0 Å².